The van der Waals surface area contributed by atoms with Gasteiger partial charge in [0.2, 0.25) is 0 Å². The molecule has 214 valence electrons. The van der Waals surface area contributed by atoms with Gasteiger partial charge in [0.05, 0.1) is 33.9 Å². The van der Waals surface area contributed by atoms with Crippen molar-refractivity contribution in [2.24, 2.45) is 0 Å². The first-order chi connectivity index (χ1) is 17.9. The molecule has 0 amide bonds. The van der Waals surface area contributed by atoms with Crippen molar-refractivity contribution in [2.75, 3.05) is 40.5 Å². The smallest absolute Gasteiger partial charge is 0.329 e. The molecular weight excluding hydrogens is 489 g/mol. The maximum Gasteiger partial charge on any atom is 0.329 e. The lowest BCUT2D eigenvalue weighted by atomic mass is 10.0. The normalized spacial score (nSPS) is 13.0. The Kier molecular flexibility index (Phi) is 20.7. The third kappa shape index (κ3) is 20.4. The van der Waals surface area contributed by atoms with E-state index in [1.165, 1.54) is 88.0 Å². The quantitative estimate of drug-likeness (QED) is 0.100. The summed E-state index contributed by atoms with van der Waals surface area (Å²) in [6.07, 6.45) is 16.0. The molecule has 7 nitrogen and oxygen atoms in total. The molecular formula is C29H53NO6P+. The number of unbranched alkanes of at least 4 members (excludes halogenated alkanes) is 10. The van der Waals surface area contributed by atoms with Gasteiger partial charge >= 0.3 is 14.6 Å². The highest BCUT2D eigenvalue weighted by atomic mass is 31.2. The van der Waals surface area contributed by atoms with E-state index in [1.54, 1.807) is 0 Å². The SMILES string of the molecule is CCCCCCCCCCCCCc1cccc(OCC(COP(O)OCCC[NH+](C)C)OC(C)=O)c1. The summed E-state index contributed by atoms with van der Waals surface area (Å²) in [5.41, 5.74) is 1.25. The molecule has 0 heterocycles. The number of hydrogen-bond donors (Lipinski definition) is 2. The Morgan fingerprint density at radius 3 is 2.19 bits per heavy atom. The molecule has 0 fully saturated rings. The van der Waals surface area contributed by atoms with E-state index >= 15 is 0 Å². The Bertz CT molecular complexity index is 690. The van der Waals surface area contributed by atoms with Crippen LogP contribution in [0.4, 0.5) is 0 Å². The Balaban J connectivity index is 2.27. The van der Waals surface area contributed by atoms with Crippen LogP contribution in [-0.4, -0.2) is 57.4 Å². The van der Waals surface area contributed by atoms with Crippen molar-refractivity contribution in [1.29, 1.82) is 0 Å². The van der Waals surface area contributed by atoms with Crippen LogP contribution in [0.15, 0.2) is 24.3 Å². The van der Waals surface area contributed by atoms with Gasteiger partial charge in [-0.05, 0) is 30.5 Å². The lowest BCUT2D eigenvalue weighted by molar-refractivity contribution is -0.858. The molecule has 1 rings (SSSR count). The van der Waals surface area contributed by atoms with Gasteiger partial charge in [-0.2, -0.15) is 0 Å². The second-order valence-electron chi connectivity index (χ2n) is 10.2. The van der Waals surface area contributed by atoms with Crippen LogP contribution in [0.25, 0.3) is 0 Å². The second-order valence-corrected chi connectivity index (χ2v) is 11.1. The number of carbonyl (C=O) groups is 1. The summed E-state index contributed by atoms with van der Waals surface area (Å²) in [5, 5.41) is 0. The van der Waals surface area contributed by atoms with Gasteiger partial charge < -0.3 is 28.3 Å². The van der Waals surface area contributed by atoms with Crippen LogP contribution in [0.3, 0.4) is 0 Å². The van der Waals surface area contributed by atoms with E-state index < -0.39 is 20.7 Å². The average Bonchev–Trinajstić information content (AvgIpc) is 2.86. The number of ether oxygens (including phenoxy) is 2. The maximum atomic E-state index is 11.5. The molecule has 0 aliphatic carbocycles. The van der Waals surface area contributed by atoms with Gasteiger partial charge in [0, 0.05) is 13.3 Å². The fourth-order valence-corrected chi connectivity index (χ4v) is 4.73. The fraction of sp³-hybridized carbons (Fsp3) is 0.759. The first-order valence-corrected chi connectivity index (χ1v) is 15.5. The van der Waals surface area contributed by atoms with Gasteiger partial charge in [-0.1, -0.05) is 83.3 Å². The van der Waals surface area contributed by atoms with Crippen molar-refractivity contribution in [3.05, 3.63) is 29.8 Å². The third-order valence-corrected chi connectivity index (χ3v) is 6.90. The molecule has 0 bridgehead atoms. The van der Waals surface area contributed by atoms with Gasteiger partial charge in [-0.25, -0.2) is 0 Å². The summed E-state index contributed by atoms with van der Waals surface area (Å²) in [4.78, 5) is 22.8. The highest BCUT2D eigenvalue weighted by molar-refractivity contribution is 7.40. The number of hydrogen-bond acceptors (Lipinski definition) is 6. The zero-order valence-electron chi connectivity index (χ0n) is 23.8. The van der Waals surface area contributed by atoms with Gasteiger partial charge in [0.15, 0.2) is 6.10 Å². The molecule has 0 aliphatic rings. The third-order valence-electron chi connectivity index (χ3n) is 6.13. The monoisotopic (exact) mass is 542 g/mol. The lowest BCUT2D eigenvalue weighted by Crippen LogP contribution is -3.05. The maximum absolute atomic E-state index is 11.5. The van der Waals surface area contributed by atoms with Crippen LogP contribution in [-0.2, 0) is 25.0 Å². The van der Waals surface area contributed by atoms with Crippen LogP contribution in [0.5, 0.6) is 5.75 Å². The molecule has 0 aromatic heterocycles. The topological polar surface area (TPSA) is 78.7 Å². The highest BCUT2D eigenvalue weighted by Gasteiger charge is 2.18. The van der Waals surface area contributed by atoms with Crippen LogP contribution in [0, 0.1) is 0 Å². The van der Waals surface area contributed by atoms with Gasteiger partial charge in [0.1, 0.15) is 12.4 Å². The number of benzene rings is 1. The van der Waals surface area contributed by atoms with E-state index in [1.807, 2.05) is 12.1 Å². The van der Waals surface area contributed by atoms with Crippen LogP contribution in [0.1, 0.15) is 96.5 Å². The van der Waals surface area contributed by atoms with E-state index in [-0.39, 0.29) is 13.2 Å². The minimum absolute atomic E-state index is 0.0130. The second kappa shape index (κ2) is 22.7. The molecule has 37 heavy (non-hydrogen) atoms. The molecule has 1 aromatic rings. The molecule has 0 saturated heterocycles. The van der Waals surface area contributed by atoms with Gasteiger partial charge in [-0.3, -0.25) is 4.79 Å². The lowest BCUT2D eigenvalue weighted by Gasteiger charge is -2.19. The van der Waals surface area contributed by atoms with E-state index in [9.17, 15) is 9.69 Å². The Morgan fingerprint density at radius 2 is 1.57 bits per heavy atom. The summed E-state index contributed by atoms with van der Waals surface area (Å²) >= 11 is 0. The largest absolute Gasteiger partial charge is 0.490 e. The van der Waals surface area contributed by atoms with Crippen molar-refractivity contribution in [3.63, 3.8) is 0 Å². The van der Waals surface area contributed by atoms with Gasteiger partial charge in [-0.15, -0.1) is 0 Å². The Hall–Kier alpha value is -1.24. The Labute approximate surface area is 227 Å². The summed E-state index contributed by atoms with van der Waals surface area (Å²) in [6, 6.07) is 8.09. The number of nitrogens with one attached hydrogen (secondary N) is 1. The van der Waals surface area contributed by atoms with Crippen molar-refractivity contribution in [1.82, 2.24) is 0 Å². The first kappa shape index (κ1) is 33.8. The van der Waals surface area contributed by atoms with Crippen molar-refractivity contribution in [3.8, 4) is 5.75 Å². The van der Waals surface area contributed by atoms with E-state index in [0.29, 0.717) is 6.61 Å². The minimum Gasteiger partial charge on any atom is -0.490 e. The van der Waals surface area contributed by atoms with Crippen molar-refractivity contribution >= 4 is 14.6 Å². The fourth-order valence-electron chi connectivity index (χ4n) is 4.08. The van der Waals surface area contributed by atoms with Crippen molar-refractivity contribution < 1.29 is 33.1 Å². The van der Waals surface area contributed by atoms with Crippen LogP contribution in [0.2, 0.25) is 0 Å². The van der Waals surface area contributed by atoms with Crippen molar-refractivity contribution in [2.45, 2.75) is 103 Å². The summed E-state index contributed by atoms with van der Waals surface area (Å²) in [6.45, 7) is 5.15. The van der Waals surface area contributed by atoms with E-state index in [4.69, 9.17) is 18.5 Å². The van der Waals surface area contributed by atoms with E-state index in [0.717, 1.165) is 25.1 Å². The molecule has 2 atom stereocenters. The predicted octanol–water partition coefficient (Wildman–Crippen LogP) is 5.64. The zero-order valence-corrected chi connectivity index (χ0v) is 24.7. The summed E-state index contributed by atoms with van der Waals surface area (Å²) in [7, 11) is 2.12. The molecule has 1 aromatic carbocycles. The molecule has 0 saturated carbocycles. The van der Waals surface area contributed by atoms with Gasteiger partial charge in [0.25, 0.3) is 0 Å². The number of aryl methyl sites for hydroxylation is 1. The average molecular weight is 543 g/mol. The zero-order chi connectivity index (χ0) is 27.1. The number of esters is 1. The number of quaternary nitrogens is 1. The highest BCUT2D eigenvalue weighted by Crippen LogP contribution is 2.33. The summed E-state index contributed by atoms with van der Waals surface area (Å²) in [5.74, 6) is 0.325. The number of carbonyl (C=O) groups excluding carboxylic acids is 1. The predicted molar refractivity (Wildman–Crippen MR) is 151 cm³/mol. The molecule has 0 radical (unpaired) electrons. The molecule has 2 unspecified atom stereocenters. The van der Waals surface area contributed by atoms with Crippen LogP contribution >= 0.6 is 8.60 Å². The molecule has 8 heteroatoms. The first-order valence-electron chi connectivity index (χ1n) is 14.3. The summed E-state index contributed by atoms with van der Waals surface area (Å²) < 4.78 is 21.9. The number of rotatable bonds is 24. The molecule has 2 N–H and O–H groups in total. The van der Waals surface area contributed by atoms with Crippen LogP contribution < -0.4 is 9.64 Å². The minimum atomic E-state index is -2.01. The van der Waals surface area contributed by atoms with E-state index in [2.05, 4.69) is 33.2 Å². The molecule has 0 spiro atoms. The Morgan fingerprint density at radius 1 is 0.919 bits per heavy atom. The molecule has 0 aliphatic heterocycles. The standard InChI is InChI=1S/C29H52NO6P/c1-5-6-7-8-9-10-11-12-13-14-15-18-27-19-16-20-28(23-27)33-24-29(36-26(2)31)25-35-37(32)34-22-17-21-30(3)4/h16,19-20,23,29,32H,5-15,17-18,21-22,24-25H2,1-4H3/p+1.